The normalized spacial score (nSPS) is 12.3. The molecule has 28 heavy (non-hydrogen) atoms. The zero-order valence-electron chi connectivity index (χ0n) is 15.4. The molecule has 0 bridgehead atoms. The second-order valence-corrected chi connectivity index (χ2v) is 8.04. The first kappa shape index (κ1) is 19.7. The molecule has 144 valence electrons. The van der Waals surface area contributed by atoms with Gasteiger partial charge in [-0.2, -0.15) is 0 Å². The summed E-state index contributed by atoms with van der Waals surface area (Å²) in [5.41, 5.74) is 2.31. The summed E-state index contributed by atoms with van der Waals surface area (Å²) in [6.45, 7) is 1.57. The lowest BCUT2D eigenvalue weighted by molar-refractivity contribution is -0.114. The van der Waals surface area contributed by atoms with Gasteiger partial charge >= 0.3 is 0 Å². The van der Waals surface area contributed by atoms with E-state index < -0.39 is 10.0 Å². The first-order chi connectivity index (χ1) is 13.5. The maximum Gasteiger partial charge on any atom is 0.240 e. The summed E-state index contributed by atoms with van der Waals surface area (Å²) in [4.78, 5) is 15.6. The van der Waals surface area contributed by atoms with Gasteiger partial charge in [-0.05, 0) is 42.0 Å². The molecule has 0 fully saturated rings. The van der Waals surface area contributed by atoms with E-state index in [1.165, 1.54) is 19.1 Å². The number of carbonyl (C=O) groups is 1. The molecule has 0 spiro atoms. The molecular formula is C21H21N3O3S. The van der Waals surface area contributed by atoms with Crippen molar-refractivity contribution in [1.82, 2.24) is 9.71 Å². The number of pyridine rings is 1. The highest BCUT2D eigenvalue weighted by Crippen LogP contribution is 2.23. The Hall–Kier alpha value is -3.03. The third-order valence-corrected chi connectivity index (χ3v) is 5.65. The van der Waals surface area contributed by atoms with Crippen LogP contribution in [0.1, 0.15) is 24.1 Å². The quantitative estimate of drug-likeness (QED) is 0.643. The van der Waals surface area contributed by atoms with Crippen LogP contribution >= 0.6 is 0 Å². The highest BCUT2D eigenvalue weighted by atomic mass is 32.2. The lowest BCUT2D eigenvalue weighted by atomic mass is 9.95. The molecule has 1 amide bonds. The Kier molecular flexibility index (Phi) is 6.18. The van der Waals surface area contributed by atoms with Crippen LogP contribution < -0.4 is 10.0 Å². The van der Waals surface area contributed by atoms with E-state index in [0.717, 1.165) is 11.3 Å². The minimum absolute atomic E-state index is 0.134. The fourth-order valence-corrected chi connectivity index (χ4v) is 3.90. The second kappa shape index (κ2) is 8.77. The van der Waals surface area contributed by atoms with Gasteiger partial charge in [0.05, 0.1) is 4.90 Å². The van der Waals surface area contributed by atoms with E-state index in [4.69, 9.17) is 0 Å². The van der Waals surface area contributed by atoms with Crippen LogP contribution in [0.25, 0.3) is 0 Å². The minimum Gasteiger partial charge on any atom is -0.326 e. The van der Waals surface area contributed by atoms with Gasteiger partial charge in [0.1, 0.15) is 0 Å². The zero-order chi connectivity index (χ0) is 20.0. The van der Waals surface area contributed by atoms with E-state index in [1.54, 1.807) is 18.3 Å². The van der Waals surface area contributed by atoms with Crippen molar-refractivity contribution in [2.75, 3.05) is 11.9 Å². The molecule has 0 saturated carbocycles. The summed E-state index contributed by atoms with van der Waals surface area (Å²) in [5, 5.41) is 2.61. The van der Waals surface area contributed by atoms with Gasteiger partial charge in [0, 0.05) is 37.0 Å². The average Bonchev–Trinajstić information content (AvgIpc) is 2.70. The standard InChI is InChI=1S/C21H21N3O3S/c1-16(25)24-18-10-12-19(13-11-18)28(26,27)23-15-20(17-7-3-2-4-8-17)21-9-5-6-14-22-21/h2-14,20,23H,15H2,1H3,(H,24,25). The molecule has 3 rings (SSSR count). The molecule has 0 aliphatic carbocycles. The molecular weight excluding hydrogens is 374 g/mol. The van der Waals surface area contributed by atoms with Gasteiger partial charge in [0.2, 0.25) is 15.9 Å². The fourth-order valence-electron chi connectivity index (χ4n) is 2.86. The predicted octanol–water partition coefficient (Wildman–Crippen LogP) is 3.15. The molecule has 0 radical (unpaired) electrons. The number of carbonyl (C=O) groups excluding carboxylic acids is 1. The van der Waals surface area contributed by atoms with Gasteiger partial charge in [-0.3, -0.25) is 9.78 Å². The number of anilines is 1. The van der Waals surface area contributed by atoms with Gasteiger partial charge in [-0.15, -0.1) is 0 Å². The number of sulfonamides is 1. The number of nitrogens with zero attached hydrogens (tertiary/aromatic N) is 1. The molecule has 6 nitrogen and oxygen atoms in total. The Labute approximate surface area is 164 Å². The van der Waals surface area contributed by atoms with Crippen LogP contribution in [0.15, 0.2) is 83.9 Å². The molecule has 2 N–H and O–H groups in total. The summed E-state index contributed by atoms with van der Waals surface area (Å²) < 4.78 is 28.1. The van der Waals surface area contributed by atoms with Crippen LogP contribution in [0.5, 0.6) is 0 Å². The molecule has 7 heteroatoms. The highest BCUT2D eigenvalue weighted by molar-refractivity contribution is 7.89. The van der Waals surface area contributed by atoms with Crippen LogP contribution in [0.2, 0.25) is 0 Å². The lowest BCUT2D eigenvalue weighted by Crippen LogP contribution is -2.29. The Morgan fingerprint density at radius 1 is 0.964 bits per heavy atom. The van der Waals surface area contributed by atoms with Crippen molar-refractivity contribution < 1.29 is 13.2 Å². The van der Waals surface area contributed by atoms with Crippen molar-refractivity contribution in [3.63, 3.8) is 0 Å². The third-order valence-electron chi connectivity index (χ3n) is 4.21. The summed E-state index contributed by atoms with van der Waals surface area (Å²) in [5.74, 6) is -0.425. The molecule has 0 aliphatic heterocycles. The Bertz CT molecular complexity index is 982. The molecule has 3 aromatic rings. The summed E-state index contributed by atoms with van der Waals surface area (Å²) in [6.07, 6.45) is 1.69. The predicted molar refractivity (Wildman–Crippen MR) is 108 cm³/mol. The Morgan fingerprint density at radius 2 is 1.64 bits per heavy atom. The second-order valence-electron chi connectivity index (χ2n) is 6.28. The van der Waals surface area contributed by atoms with Gasteiger partial charge in [-0.1, -0.05) is 36.4 Å². The van der Waals surface area contributed by atoms with Crippen molar-refractivity contribution in [3.8, 4) is 0 Å². The van der Waals surface area contributed by atoms with Crippen molar-refractivity contribution in [3.05, 3.63) is 90.3 Å². The monoisotopic (exact) mass is 395 g/mol. The van der Waals surface area contributed by atoms with Crippen molar-refractivity contribution in [2.24, 2.45) is 0 Å². The molecule has 1 unspecified atom stereocenters. The molecule has 0 aliphatic rings. The van der Waals surface area contributed by atoms with Crippen molar-refractivity contribution in [2.45, 2.75) is 17.7 Å². The average molecular weight is 395 g/mol. The number of hydrogen-bond acceptors (Lipinski definition) is 4. The number of amides is 1. The SMILES string of the molecule is CC(=O)Nc1ccc(S(=O)(=O)NCC(c2ccccc2)c2ccccn2)cc1. The maximum atomic E-state index is 12.7. The summed E-state index contributed by atoms with van der Waals surface area (Å²) >= 11 is 0. The summed E-state index contributed by atoms with van der Waals surface area (Å²) in [7, 11) is -3.71. The lowest BCUT2D eigenvalue weighted by Gasteiger charge is -2.18. The number of rotatable bonds is 7. The van der Waals surface area contributed by atoms with E-state index in [2.05, 4.69) is 15.0 Å². The van der Waals surface area contributed by atoms with E-state index in [-0.39, 0.29) is 23.3 Å². The molecule has 1 atom stereocenters. The van der Waals surface area contributed by atoms with E-state index in [0.29, 0.717) is 5.69 Å². The van der Waals surface area contributed by atoms with Crippen LogP contribution in [0.4, 0.5) is 5.69 Å². The van der Waals surface area contributed by atoms with Crippen LogP contribution in [-0.2, 0) is 14.8 Å². The molecule has 1 aromatic heterocycles. The first-order valence-corrected chi connectivity index (χ1v) is 10.3. The van der Waals surface area contributed by atoms with E-state index >= 15 is 0 Å². The van der Waals surface area contributed by atoms with Crippen LogP contribution in [-0.4, -0.2) is 25.9 Å². The summed E-state index contributed by atoms with van der Waals surface area (Å²) in [6, 6.07) is 21.3. The van der Waals surface area contributed by atoms with Crippen molar-refractivity contribution >= 4 is 21.6 Å². The van der Waals surface area contributed by atoms with E-state index in [9.17, 15) is 13.2 Å². The van der Waals surface area contributed by atoms with Crippen LogP contribution in [0.3, 0.4) is 0 Å². The van der Waals surface area contributed by atoms with Crippen molar-refractivity contribution in [1.29, 1.82) is 0 Å². The van der Waals surface area contributed by atoms with Gasteiger partial charge in [0.25, 0.3) is 0 Å². The highest BCUT2D eigenvalue weighted by Gasteiger charge is 2.20. The van der Waals surface area contributed by atoms with Gasteiger partial charge < -0.3 is 5.32 Å². The number of hydrogen-bond donors (Lipinski definition) is 2. The van der Waals surface area contributed by atoms with Gasteiger partial charge in [-0.25, -0.2) is 13.1 Å². The molecule has 1 heterocycles. The Morgan fingerprint density at radius 3 is 2.25 bits per heavy atom. The molecule has 2 aromatic carbocycles. The fraction of sp³-hybridized carbons (Fsp3) is 0.143. The van der Waals surface area contributed by atoms with E-state index in [1.807, 2.05) is 48.5 Å². The van der Waals surface area contributed by atoms with Crippen LogP contribution in [0, 0.1) is 0 Å². The first-order valence-electron chi connectivity index (χ1n) is 8.79. The zero-order valence-corrected chi connectivity index (χ0v) is 16.2. The molecule has 0 saturated heterocycles. The smallest absolute Gasteiger partial charge is 0.240 e. The number of benzene rings is 2. The van der Waals surface area contributed by atoms with Gasteiger partial charge in [0.15, 0.2) is 0 Å². The topological polar surface area (TPSA) is 88.2 Å². The number of aromatic nitrogens is 1. The largest absolute Gasteiger partial charge is 0.326 e. The number of nitrogens with one attached hydrogen (secondary N) is 2. The minimum atomic E-state index is -3.71. The maximum absolute atomic E-state index is 12.7. The Balaban J connectivity index is 1.79. The third kappa shape index (κ3) is 5.03.